The largest absolute Gasteiger partial charge is 0.379 e. The molecular weight excluding hydrogens is 398 g/mol. The number of halogens is 2. The minimum absolute atomic E-state index is 0.226. The monoisotopic (exact) mass is 410 g/mol. The summed E-state index contributed by atoms with van der Waals surface area (Å²) in [6.07, 6.45) is 0. The Balaban J connectivity index is 1.71. The summed E-state index contributed by atoms with van der Waals surface area (Å²) in [6, 6.07) is 14.6. The van der Waals surface area contributed by atoms with Gasteiger partial charge in [-0.2, -0.15) is 0 Å². The van der Waals surface area contributed by atoms with Crippen LogP contribution in [0, 0.1) is 9.39 Å². The maximum absolute atomic E-state index is 12.9. The second kappa shape index (κ2) is 6.53. The van der Waals surface area contributed by atoms with E-state index in [0.717, 1.165) is 22.0 Å². The first-order valence-corrected chi connectivity index (χ1v) is 8.37. The summed E-state index contributed by atoms with van der Waals surface area (Å²) in [6.45, 7) is 0.678. The molecule has 0 atom stereocenters. The highest BCUT2D eigenvalue weighted by Crippen LogP contribution is 2.24. The van der Waals surface area contributed by atoms with E-state index < -0.39 is 0 Å². The van der Waals surface area contributed by atoms with Gasteiger partial charge in [-0.15, -0.1) is 11.3 Å². The zero-order valence-electron chi connectivity index (χ0n) is 11.0. The Kier molecular flexibility index (Phi) is 4.50. The summed E-state index contributed by atoms with van der Waals surface area (Å²) in [4.78, 5) is 4.59. The average molecular weight is 410 g/mol. The number of hydrogen-bond donors (Lipinski definition) is 1. The van der Waals surface area contributed by atoms with Crippen LogP contribution in [-0.2, 0) is 6.54 Å². The molecule has 0 saturated heterocycles. The maximum Gasteiger partial charge on any atom is 0.123 e. The van der Waals surface area contributed by atoms with Gasteiger partial charge in [-0.1, -0.05) is 12.1 Å². The van der Waals surface area contributed by atoms with Gasteiger partial charge in [0.1, 0.15) is 10.8 Å². The Morgan fingerprint density at radius 3 is 2.62 bits per heavy atom. The lowest BCUT2D eigenvalue weighted by atomic mass is 10.2. The van der Waals surface area contributed by atoms with Crippen molar-refractivity contribution in [2.24, 2.45) is 0 Å². The van der Waals surface area contributed by atoms with Crippen LogP contribution in [0.1, 0.15) is 5.69 Å². The van der Waals surface area contributed by atoms with Gasteiger partial charge in [-0.25, -0.2) is 9.37 Å². The second-order valence-electron chi connectivity index (χ2n) is 4.48. The number of nitrogens with one attached hydrogen (secondary N) is 1. The van der Waals surface area contributed by atoms with E-state index in [1.54, 1.807) is 23.5 Å². The number of aromatic nitrogens is 1. The molecule has 0 aliphatic carbocycles. The normalized spacial score (nSPS) is 10.6. The van der Waals surface area contributed by atoms with Crippen molar-refractivity contribution in [3.8, 4) is 10.6 Å². The molecule has 1 heterocycles. The summed E-state index contributed by atoms with van der Waals surface area (Å²) >= 11 is 3.88. The molecule has 21 heavy (non-hydrogen) atoms. The molecule has 0 aliphatic heterocycles. The van der Waals surface area contributed by atoms with E-state index in [0.29, 0.717) is 6.54 Å². The van der Waals surface area contributed by atoms with Crippen LogP contribution < -0.4 is 5.32 Å². The fraction of sp³-hybridized carbons (Fsp3) is 0.0625. The highest BCUT2D eigenvalue weighted by atomic mass is 127. The molecule has 2 aromatic carbocycles. The van der Waals surface area contributed by atoms with Crippen molar-refractivity contribution in [2.45, 2.75) is 6.54 Å². The summed E-state index contributed by atoms with van der Waals surface area (Å²) in [5.74, 6) is -0.226. The average Bonchev–Trinajstić information content (AvgIpc) is 2.96. The van der Waals surface area contributed by atoms with Crippen molar-refractivity contribution >= 4 is 39.6 Å². The van der Waals surface area contributed by atoms with Gasteiger partial charge in [-0.05, 0) is 59.0 Å². The van der Waals surface area contributed by atoms with Crippen LogP contribution in [0.4, 0.5) is 10.1 Å². The Hall–Kier alpha value is -1.47. The molecule has 3 aromatic rings. The number of benzene rings is 2. The molecule has 0 bridgehead atoms. The Labute approximate surface area is 140 Å². The number of thiazole rings is 1. The Bertz CT molecular complexity index is 740. The summed E-state index contributed by atoms with van der Waals surface area (Å²) < 4.78 is 14.1. The third-order valence-electron chi connectivity index (χ3n) is 2.98. The van der Waals surface area contributed by atoms with Gasteiger partial charge in [0.2, 0.25) is 0 Å². The van der Waals surface area contributed by atoms with Crippen molar-refractivity contribution in [1.82, 2.24) is 4.98 Å². The highest BCUT2D eigenvalue weighted by Gasteiger charge is 2.05. The molecule has 0 saturated carbocycles. The molecule has 0 unspecified atom stereocenters. The molecule has 0 fully saturated rings. The van der Waals surface area contributed by atoms with Crippen LogP contribution >= 0.6 is 33.9 Å². The number of rotatable bonds is 4. The smallest absolute Gasteiger partial charge is 0.123 e. The third kappa shape index (κ3) is 3.59. The molecule has 106 valence electrons. The molecule has 0 aliphatic rings. The van der Waals surface area contributed by atoms with Gasteiger partial charge in [0.15, 0.2) is 0 Å². The van der Waals surface area contributed by atoms with Crippen LogP contribution in [0.25, 0.3) is 10.6 Å². The predicted octanol–water partition coefficient (Wildman–Crippen LogP) is 5.17. The van der Waals surface area contributed by atoms with Crippen LogP contribution in [-0.4, -0.2) is 4.98 Å². The number of para-hydroxylation sites is 1. The Morgan fingerprint density at radius 2 is 1.86 bits per heavy atom. The lowest BCUT2D eigenvalue weighted by Crippen LogP contribution is -2.01. The van der Waals surface area contributed by atoms with E-state index in [1.807, 2.05) is 17.5 Å². The van der Waals surface area contributed by atoms with Gasteiger partial charge in [0.05, 0.1) is 12.2 Å². The first-order chi connectivity index (χ1) is 10.2. The fourth-order valence-corrected chi connectivity index (χ4v) is 3.31. The minimum Gasteiger partial charge on any atom is -0.379 e. The van der Waals surface area contributed by atoms with E-state index in [-0.39, 0.29) is 5.82 Å². The Morgan fingerprint density at radius 1 is 1.10 bits per heavy atom. The van der Waals surface area contributed by atoms with Crippen molar-refractivity contribution in [1.29, 1.82) is 0 Å². The highest BCUT2D eigenvalue weighted by molar-refractivity contribution is 14.1. The number of nitrogens with zero attached hydrogens (tertiary/aromatic N) is 1. The maximum atomic E-state index is 12.9. The van der Waals surface area contributed by atoms with Crippen molar-refractivity contribution in [3.05, 3.63) is 69.0 Å². The number of anilines is 1. The zero-order chi connectivity index (χ0) is 14.7. The van der Waals surface area contributed by atoms with Crippen molar-refractivity contribution in [2.75, 3.05) is 5.32 Å². The van der Waals surface area contributed by atoms with E-state index in [2.05, 4.69) is 45.0 Å². The lowest BCUT2D eigenvalue weighted by molar-refractivity contribution is 0.628. The van der Waals surface area contributed by atoms with Gasteiger partial charge in [-0.3, -0.25) is 0 Å². The van der Waals surface area contributed by atoms with Gasteiger partial charge in [0.25, 0.3) is 0 Å². The minimum atomic E-state index is -0.226. The van der Waals surface area contributed by atoms with Crippen molar-refractivity contribution < 1.29 is 4.39 Å². The lowest BCUT2D eigenvalue weighted by Gasteiger charge is -2.06. The van der Waals surface area contributed by atoms with Gasteiger partial charge in [0, 0.05) is 20.2 Å². The third-order valence-corrected chi connectivity index (χ3v) is 4.86. The molecule has 3 rings (SSSR count). The molecule has 0 spiro atoms. The van der Waals surface area contributed by atoms with Crippen LogP contribution in [0.5, 0.6) is 0 Å². The molecule has 5 heteroatoms. The quantitative estimate of drug-likeness (QED) is 0.601. The molecule has 2 nitrogen and oxygen atoms in total. The van der Waals surface area contributed by atoms with Gasteiger partial charge < -0.3 is 5.32 Å². The first kappa shape index (κ1) is 14.5. The molecule has 0 radical (unpaired) electrons. The topological polar surface area (TPSA) is 24.9 Å². The summed E-state index contributed by atoms with van der Waals surface area (Å²) in [5.41, 5.74) is 3.04. The standard InChI is InChI=1S/C16H12FIN2S/c17-12-7-5-11(6-8-12)16-20-13(10-21-16)9-19-15-4-2-1-3-14(15)18/h1-8,10,19H,9H2. The summed E-state index contributed by atoms with van der Waals surface area (Å²) in [5, 5.41) is 6.32. The fourth-order valence-electron chi connectivity index (χ4n) is 1.90. The van der Waals surface area contributed by atoms with E-state index >= 15 is 0 Å². The van der Waals surface area contributed by atoms with Crippen molar-refractivity contribution in [3.63, 3.8) is 0 Å². The second-order valence-corrected chi connectivity index (χ2v) is 6.50. The number of hydrogen-bond acceptors (Lipinski definition) is 3. The molecule has 1 N–H and O–H groups in total. The first-order valence-electron chi connectivity index (χ1n) is 6.41. The molecular formula is C16H12FIN2S. The zero-order valence-corrected chi connectivity index (χ0v) is 14.0. The van der Waals surface area contributed by atoms with Crippen LogP contribution in [0.3, 0.4) is 0 Å². The predicted molar refractivity (Wildman–Crippen MR) is 94.0 cm³/mol. The van der Waals surface area contributed by atoms with E-state index in [4.69, 9.17) is 0 Å². The molecule has 1 aromatic heterocycles. The summed E-state index contributed by atoms with van der Waals surface area (Å²) in [7, 11) is 0. The van der Waals surface area contributed by atoms with E-state index in [9.17, 15) is 4.39 Å². The van der Waals surface area contributed by atoms with Crippen LogP contribution in [0.15, 0.2) is 53.9 Å². The van der Waals surface area contributed by atoms with E-state index in [1.165, 1.54) is 15.7 Å². The van der Waals surface area contributed by atoms with Crippen LogP contribution in [0.2, 0.25) is 0 Å². The SMILES string of the molecule is Fc1ccc(-c2nc(CNc3ccccc3I)cs2)cc1. The van der Waals surface area contributed by atoms with Gasteiger partial charge >= 0.3 is 0 Å². The molecule has 0 amide bonds.